The molecule has 0 N–H and O–H groups in total. The van der Waals surface area contributed by atoms with E-state index in [-0.39, 0.29) is 11.4 Å². The van der Waals surface area contributed by atoms with Gasteiger partial charge in [0.05, 0.1) is 12.0 Å². The Bertz CT molecular complexity index is 321. The van der Waals surface area contributed by atoms with Gasteiger partial charge in [-0.2, -0.15) is 0 Å². The predicted molar refractivity (Wildman–Crippen MR) is 52.0 cm³/mol. The molecule has 0 aromatic rings. The zero-order valence-corrected chi connectivity index (χ0v) is 9.33. The van der Waals surface area contributed by atoms with E-state index in [1.807, 2.05) is 20.8 Å². The second-order valence-electron chi connectivity index (χ2n) is 5.24. The van der Waals surface area contributed by atoms with Crippen molar-refractivity contribution in [2.75, 3.05) is 6.61 Å². The van der Waals surface area contributed by atoms with E-state index in [0.29, 0.717) is 13.0 Å². The van der Waals surface area contributed by atoms with Crippen LogP contribution < -0.4 is 0 Å². The molecule has 1 saturated heterocycles. The Morgan fingerprint density at radius 2 is 2.07 bits per heavy atom. The first-order valence-corrected chi connectivity index (χ1v) is 5.24. The van der Waals surface area contributed by atoms with Crippen molar-refractivity contribution in [2.24, 2.45) is 10.8 Å². The maximum absolute atomic E-state index is 11.8. The van der Waals surface area contributed by atoms with Crippen LogP contribution in [0.5, 0.6) is 0 Å². The van der Waals surface area contributed by atoms with Crippen LogP contribution in [0, 0.1) is 10.8 Å². The fourth-order valence-corrected chi connectivity index (χ4v) is 2.03. The highest BCUT2D eigenvalue weighted by Crippen LogP contribution is 2.63. The molecule has 1 heterocycles. The Balaban J connectivity index is 1.96. The lowest BCUT2D eigenvalue weighted by Crippen LogP contribution is -2.29. The second kappa shape index (κ2) is 2.97. The predicted octanol–water partition coefficient (Wildman–Crippen LogP) is 1.28. The molecule has 2 rings (SSSR count). The van der Waals surface area contributed by atoms with Crippen LogP contribution in [0.25, 0.3) is 0 Å². The average molecular weight is 212 g/mol. The third kappa shape index (κ3) is 1.52. The van der Waals surface area contributed by atoms with Gasteiger partial charge in [-0.1, -0.05) is 13.8 Å². The highest BCUT2D eigenvalue weighted by Gasteiger charge is 2.64. The van der Waals surface area contributed by atoms with Crippen LogP contribution in [0.3, 0.4) is 0 Å². The molecular weight excluding hydrogens is 196 g/mol. The number of carbonyl (C=O) groups excluding carboxylic acids is 2. The molecule has 0 radical (unpaired) electrons. The van der Waals surface area contributed by atoms with E-state index in [9.17, 15) is 9.59 Å². The standard InChI is InChI=1S/C11H16O4/c1-10(2)6-11(10,3)9(13)15-7-4-5-14-8(7)12/h7H,4-6H2,1-3H3. The number of rotatable bonds is 2. The smallest absolute Gasteiger partial charge is 0.347 e. The number of esters is 2. The molecule has 1 aliphatic carbocycles. The molecule has 15 heavy (non-hydrogen) atoms. The topological polar surface area (TPSA) is 52.6 Å². The fraction of sp³-hybridized carbons (Fsp3) is 0.818. The van der Waals surface area contributed by atoms with Gasteiger partial charge in [0.25, 0.3) is 0 Å². The molecule has 1 aliphatic heterocycles. The van der Waals surface area contributed by atoms with Gasteiger partial charge < -0.3 is 9.47 Å². The van der Waals surface area contributed by atoms with Gasteiger partial charge in [-0.05, 0) is 18.8 Å². The first-order valence-electron chi connectivity index (χ1n) is 5.24. The van der Waals surface area contributed by atoms with E-state index in [1.54, 1.807) is 0 Å². The summed E-state index contributed by atoms with van der Waals surface area (Å²) >= 11 is 0. The summed E-state index contributed by atoms with van der Waals surface area (Å²) in [5.41, 5.74) is -0.428. The van der Waals surface area contributed by atoms with E-state index >= 15 is 0 Å². The molecule has 1 saturated carbocycles. The molecule has 0 aromatic carbocycles. The number of hydrogen-bond donors (Lipinski definition) is 0. The third-order valence-electron chi connectivity index (χ3n) is 3.75. The van der Waals surface area contributed by atoms with Gasteiger partial charge in [0.1, 0.15) is 0 Å². The number of hydrogen-bond acceptors (Lipinski definition) is 4. The van der Waals surface area contributed by atoms with Gasteiger partial charge in [0.15, 0.2) is 0 Å². The van der Waals surface area contributed by atoms with E-state index in [1.165, 1.54) is 0 Å². The SMILES string of the molecule is CC1(C)CC1(C)C(=O)OC1CCOC1=O. The van der Waals surface area contributed by atoms with Crippen molar-refractivity contribution < 1.29 is 19.1 Å². The molecule has 2 unspecified atom stereocenters. The number of cyclic esters (lactones) is 1. The molecule has 4 nitrogen and oxygen atoms in total. The van der Waals surface area contributed by atoms with Gasteiger partial charge in [0.2, 0.25) is 6.10 Å². The maximum atomic E-state index is 11.8. The quantitative estimate of drug-likeness (QED) is 0.647. The first kappa shape index (κ1) is 10.5. The zero-order valence-electron chi connectivity index (χ0n) is 9.33. The molecule has 84 valence electrons. The minimum Gasteiger partial charge on any atom is -0.463 e. The van der Waals surface area contributed by atoms with Crippen molar-refractivity contribution in [3.05, 3.63) is 0 Å². The molecule has 0 bridgehead atoms. The highest BCUT2D eigenvalue weighted by atomic mass is 16.6. The first-order chi connectivity index (χ1) is 6.87. The minimum absolute atomic E-state index is 0.00735. The van der Waals surface area contributed by atoms with Crippen LogP contribution in [0.2, 0.25) is 0 Å². The van der Waals surface area contributed by atoms with Gasteiger partial charge in [0, 0.05) is 6.42 Å². The van der Waals surface area contributed by atoms with Crippen LogP contribution in [0.15, 0.2) is 0 Å². The summed E-state index contributed by atoms with van der Waals surface area (Å²) in [5, 5.41) is 0. The molecule has 0 amide bonds. The van der Waals surface area contributed by atoms with Crippen molar-refractivity contribution in [3.63, 3.8) is 0 Å². The Labute approximate surface area is 88.9 Å². The third-order valence-corrected chi connectivity index (χ3v) is 3.75. The second-order valence-corrected chi connectivity index (χ2v) is 5.24. The summed E-state index contributed by atoms with van der Waals surface area (Å²) in [6, 6.07) is 0. The lowest BCUT2D eigenvalue weighted by molar-refractivity contribution is -0.164. The van der Waals surface area contributed by atoms with Gasteiger partial charge in [-0.25, -0.2) is 4.79 Å². The van der Waals surface area contributed by atoms with Crippen molar-refractivity contribution in [2.45, 2.75) is 39.7 Å². The van der Waals surface area contributed by atoms with Crippen LogP contribution in [0.4, 0.5) is 0 Å². The van der Waals surface area contributed by atoms with Crippen LogP contribution in [-0.4, -0.2) is 24.6 Å². The van der Waals surface area contributed by atoms with Crippen LogP contribution in [-0.2, 0) is 19.1 Å². The van der Waals surface area contributed by atoms with E-state index in [2.05, 4.69) is 0 Å². The maximum Gasteiger partial charge on any atom is 0.347 e. The summed E-state index contributed by atoms with van der Waals surface area (Å²) in [4.78, 5) is 22.9. The van der Waals surface area contributed by atoms with Gasteiger partial charge in [-0.15, -0.1) is 0 Å². The molecule has 2 aliphatic rings. The molecule has 0 aromatic heterocycles. The number of ether oxygens (including phenoxy) is 2. The van der Waals surface area contributed by atoms with Gasteiger partial charge >= 0.3 is 11.9 Å². The minimum atomic E-state index is -0.675. The van der Waals surface area contributed by atoms with E-state index in [4.69, 9.17) is 9.47 Å². The van der Waals surface area contributed by atoms with Crippen molar-refractivity contribution in [1.82, 2.24) is 0 Å². The van der Waals surface area contributed by atoms with Gasteiger partial charge in [-0.3, -0.25) is 4.79 Å². The highest BCUT2D eigenvalue weighted by molar-refractivity contribution is 5.85. The van der Waals surface area contributed by atoms with Crippen molar-refractivity contribution in [1.29, 1.82) is 0 Å². The molecule has 2 fully saturated rings. The number of carbonyl (C=O) groups is 2. The lowest BCUT2D eigenvalue weighted by Gasteiger charge is -2.15. The normalized spacial score (nSPS) is 37.3. The largest absolute Gasteiger partial charge is 0.463 e. The Kier molecular flexibility index (Phi) is 2.07. The monoisotopic (exact) mass is 212 g/mol. The summed E-state index contributed by atoms with van der Waals surface area (Å²) < 4.78 is 9.91. The molecule has 4 heteroatoms. The fourth-order valence-electron chi connectivity index (χ4n) is 2.03. The van der Waals surface area contributed by atoms with E-state index in [0.717, 1.165) is 6.42 Å². The Hall–Kier alpha value is -1.06. The summed E-state index contributed by atoms with van der Waals surface area (Å²) in [5.74, 6) is -0.679. The van der Waals surface area contributed by atoms with Crippen molar-refractivity contribution in [3.8, 4) is 0 Å². The Morgan fingerprint density at radius 3 is 2.47 bits per heavy atom. The Morgan fingerprint density at radius 1 is 1.47 bits per heavy atom. The lowest BCUT2D eigenvalue weighted by atomic mass is 9.98. The summed E-state index contributed by atoms with van der Waals surface area (Å²) in [6.45, 7) is 6.30. The average Bonchev–Trinajstić information content (AvgIpc) is 2.48. The van der Waals surface area contributed by atoms with Crippen LogP contribution in [0.1, 0.15) is 33.6 Å². The van der Waals surface area contributed by atoms with Crippen LogP contribution >= 0.6 is 0 Å². The zero-order chi connectivity index (χ0) is 11.3. The summed E-state index contributed by atoms with van der Waals surface area (Å²) in [6.07, 6.45) is 0.632. The van der Waals surface area contributed by atoms with E-state index < -0.39 is 17.5 Å². The molecular formula is C11H16O4. The summed E-state index contributed by atoms with van der Waals surface area (Å²) in [7, 11) is 0. The van der Waals surface area contributed by atoms with Crippen molar-refractivity contribution >= 4 is 11.9 Å². The molecule has 2 atom stereocenters. The molecule has 0 spiro atoms.